The molecule has 34 heavy (non-hydrogen) atoms. The molecule has 1 aromatic carbocycles. The van der Waals surface area contributed by atoms with E-state index in [2.05, 4.69) is 15.7 Å². The van der Waals surface area contributed by atoms with Crippen LogP contribution in [0.15, 0.2) is 24.3 Å². The van der Waals surface area contributed by atoms with Gasteiger partial charge in [0.15, 0.2) is 0 Å². The molecule has 4 bridgehead atoms. The van der Waals surface area contributed by atoms with Crippen LogP contribution in [0.3, 0.4) is 0 Å². The highest BCUT2D eigenvalue weighted by Crippen LogP contribution is 2.60. The normalized spacial score (nSPS) is 26.9. The van der Waals surface area contributed by atoms with Gasteiger partial charge in [0.25, 0.3) is 5.91 Å². The highest BCUT2D eigenvalue weighted by molar-refractivity contribution is 6.04. The molecule has 4 fully saturated rings. The number of aromatic nitrogens is 2. The van der Waals surface area contributed by atoms with Crippen LogP contribution in [-0.2, 0) is 23.1 Å². The molecule has 4 aliphatic rings. The minimum absolute atomic E-state index is 0.131. The van der Waals surface area contributed by atoms with Crippen molar-refractivity contribution in [2.45, 2.75) is 52.0 Å². The number of hydrogen-bond acceptors (Lipinski definition) is 5. The van der Waals surface area contributed by atoms with Crippen LogP contribution in [0.5, 0.6) is 0 Å². The Morgan fingerprint density at radius 3 is 2.26 bits per heavy atom. The number of amides is 2. The van der Waals surface area contributed by atoms with E-state index >= 15 is 0 Å². The number of anilines is 1. The lowest BCUT2D eigenvalue weighted by Crippen LogP contribution is -2.53. The van der Waals surface area contributed by atoms with Gasteiger partial charge in [0.2, 0.25) is 5.91 Å². The minimum Gasteiger partial charge on any atom is -0.465 e. The monoisotopic (exact) mass is 464 g/mol. The molecule has 0 unspecified atom stereocenters. The number of benzene rings is 1. The van der Waals surface area contributed by atoms with E-state index in [-0.39, 0.29) is 17.2 Å². The summed E-state index contributed by atoms with van der Waals surface area (Å²) in [5.74, 6) is 1.38. The van der Waals surface area contributed by atoms with Gasteiger partial charge in [-0.25, -0.2) is 4.79 Å². The third kappa shape index (κ3) is 4.21. The van der Waals surface area contributed by atoms with Crippen molar-refractivity contribution in [1.82, 2.24) is 15.1 Å². The van der Waals surface area contributed by atoms with Crippen molar-refractivity contribution in [2.24, 2.45) is 30.2 Å². The van der Waals surface area contributed by atoms with Gasteiger partial charge in [0, 0.05) is 24.7 Å². The molecule has 8 nitrogen and oxygen atoms in total. The summed E-state index contributed by atoms with van der Waals surface area (Å²) < 4.78 is 6.41. The third-order valence-electron chi connectivity index (χ3n) is 7.88. The third-order valence-corrected chi connectivity index (χ3v) is 7.88. The Morgan fingerprint density at radius 1 is 1.06 bits per heavy atom. The fraction of sp³-hybridized carbons (Fsp3) is 0.538. The summed E-state index contributed by atoms with van der Waals surface area (Å²) in [5.41, 5.74) is 2.44. The van der Waals surface area contributed by atoms with Crippen molar-refractivity contribution in [2.75, 3.05) is 12.4 Å². The van der Waals surface area contributed by atoms with E-state index < -0.39 is 5.97 Å². The second kappa shape index (κ2) is 8.56. The molecule has 1 heterocycles. The molecule has 4 saturated carbocycles. The maximum atomic E-state index is 13.4. The van der Waals surface area contributed by atoms with Crippen LogP contribution in [-0.4, -0.2) is 34.7 Å². The van der Waals surface area contributed by atoms with Crippen molar-refractivity contribution in [3.05, 3.63) is 46.8 Å². The van der Waals surface area contributed by atoms with Gasteiger partial charge in [-0.15, -0.1) is 0 Å². The van der Waals surface area contributed by atoms with Crippen molar-refractivity contribution in [3.8, 4) is 0 Å². The molecule has 2 amide bonds. The molecule has 0 aliphatic heterocycles. The van der Waals surface area contributed by atoms with Gasteiger partial charge in [0.1, 0.15) is 5.69 Å². The zero-order valence-corrected chi connectivity index (χ0v) is 20.0. The Kier molecular flexibility index (Phi) is 5.70. The molecule has 2 N–H and O–H groups in total. The summed E-state index contributed by atoms with van der Waals surface area (Å²) in [6, 6.07) is 6.77. The predicted octanol–water partition coefficient (Wildman–Crippen LogP) is 3.60. The highest BCUT2D eigenvalue weighted by Gasteiger charge is 2.54. The first-order chi connectivity index (χ1) is 16.2. The van der Waals surface area contributed by atoms with E-state index in [1.54, 1.807) is 31.3 Å². The number of carbonyl (C=O) groups excluding carboxylic acids is 3. The van der Waals surface area contributed by atoms with Crippen molar-refractivity contribution < 1.29 is 19.1 Å². The van der Waals surface area contributed by atoms with Gasteiger partial charge in [0.05, 0.1) is 18.4 Å². The van der Waals surface area contributed by atoms with Gasteiger partial charge in [-0.3, -0.25) is 14.3 Å². The van der Waals surface area contributed by atoms with Crippen molar-refractivity contribution in [1.29, 1.82) is 0 Å². The van der Waals surface area contributed by atoms with E-state index in [1.807, 2.05) is 6.92 Å². The first-order valence-corrected chi connectivity index (χ1v) is 12.1. The second-order valence-electron chi connectivity index (χ2n) is 10.5. The van der Waals surface area contributed by atoms with Crippen LogP contribution >= 0.6 is 0 Å². The Labute approximate surface area is 199 Å². The lowest BCUT2D eigenvalue weighted by Gasteiger charge is -2.55. The molecule has 0 saturated heterocycles. The Bertz CT molecular complexity index is 1120. The van der Waals surface area contributed by atoms with Crippen LogP contribution in [0.4, 0.5) is 5.69 Å². The molecule has 0 spiro atoms. The fourth-order valence-corrected chi connectivity index (χ4v) is 6.88. The molecule has 0 atom stereocenters. The minimum atomic E-state index is -0.499. The maximum Gasteiger partial charge on any atom is 0.337 e. The zero-order valence-electron chi connectivity index (χ0n) is 20.0. The second-order valence-corrected chi connectivity index (χ2v) is 10.5. The largest absolute Gasteiger partial charge is 0.465 e. The molecule has 8 heteroatoms. The molecular formula is C26H32N4O4. The molecule has 4 aliphatic carbocycles. The van der Waals surface area contributed by atoms with Crippen LogP contribution in [0, 0.1) is 30.1 Å². The number of nitrogens with one attached hydrogen (secondary N) is 2. The Morgan fingerprint density at radius 2 is 1.71 bits per heavy atom. The van der Waals surface area contributed by atoms with Gasteiger partial charge in [-0.2, -0.15) is 5.10 Å². The SMILES string of the molecule is COC(=O)c1cc(CNC(=O)C23CC4CC(CC(C4)C2)C3)cc(NC(=O)c2cc(C)nn2C)c1. The summed E-state index contributed by atoms with van der Waals surface area (Å²) in [6.07, 6.45) is 6.85. The molecule has 6 rings (SSSR count). The topological polar surface area (TPSA) is 102 Å². The maximum absolute atomic E-state index is 13.4. The smallest absolute Gasteiger partial charge is 0.337 e. The Balaban J connectivity index is 1.33. The first-order valence-electron chi connectivity index (χ1n) is 12.1. The molecule has 2 aromatic rings. The van der Waals surface area contributed by atoms with Gasteiger partial charge >= 0.3 is 5.97 Å². The van der Waals surface area contributed by atoms with Crippen LogP contribution in [0.25, 0.3) is 0 Å². The fourth-order valence-electron chi connectivity index (χ4n) is 6.88. The van der Waals surface area contributed by atoms with Crippen molar-refractivity contribution in [3.63, 3.8) is 0 Å². The van der Waals surface area contributed by atoms with Gasteiger partial charge < -0.3 is 15.4 Å². The average molecular weight is 465 g/mol. The number of ether oxygens (including phenoxy) is 1. The number of hydrogen-bond donors (Lipinski definition) is 2. The number of esters is 1. The lowest BCUT2D eigenvalue weighted by atomic mass is 9.49. The summed E-state index contributed by atoms with van der Waals surface area (Å²) in [4.78, 5) is 38.4. The highest BCUT2D eigenvalue weighted by atomic mass is 16.5. The summed E-state index contributed by atoms with van der Waals surface area (Å²) in [5, 5.41) is 10.2. The van der Waals surface area contributed by atoms with Crippen LogP contribution in [0.2, 0.25) is 0 Å². The summed E-state index contributed by atoms with van der Waals surface area (Å²) in [6.45, 7) is 2.11. The zero-order chi connectivity index (χ0) is 24.0. The number of aryl methyl sites for hydroxylation is 2. The summed E-state index contributed by atoms with van der Waals surface area (Å²) >= 11 is 0. The molecule has 0 radical (unpaired) electrons. The van der Waals surface area contributed by atoms with Gasteiger partial charge in [-0.05, 0) is 93.0 Å². The first kappa shape index (κ1) is 22.6. The number of rotatable bonds is 6. The molecule has 1 aromatic heterocycles. The van der Waals surface area contributed by atoms with E-state index in [0.29, 0.717) is 41.2 Å². The van der Waals surface area contributed by atoms with Crippen LogP contribution in [0.1, 0.15) is 70.6 Å². The van der Waals surface area contributed by atoms with Crippen molar-refractivity contribution >= 4 is 23.5 Å². The van der Waals surface area contributed by atoms with E-state index in [4.69, 9.17) is 4.74 Å². The average Bonchev–Trinajstić information content (AvgIpc) is 3.13. The number of carbonyl (C=O) groups is 3. The molecular weight excluding hydrogens is 432 g/mol. The van der Waals surface area contributed by atoms with Gasteiger partial charge in [-0.1, -0.05) is 0 Å². The standard InChI is InChI=1S/C26H32N4O4/c1-15-4-22(30(2)29-15)23(31)28-21-9-19(8-20(10-21)24(32)34-3)14-27-25(33)26-11-16-5-17(12-26)7-18(6-16)13-26/h4,8-10,16-18H,5-7,11-14H2,1-3H3,(H,27,33)(H,28,31). The van der Waals surface area contributed by atoms with Crippen LogP contribution < -0.4 is 10.6 Å². The van der Waals surface area contributed by atoms with E-state index in [0.717, 1.165) is 30.5 Å². The van der Waals surface area contributed by atoms with E-state index in [9.17, 15) is 14.4 Å². The quantitative estimate of drug-likeness (QED) is 0.636. The predicted molar refractivity (Wildman–Crippen MR) is 126 cm³/mol. The number of methoxy groups -OCH3 is 1. The van der Waals surface area contributed by atoms with E-state index in [1.165, 1.54) is 31.1 Å². The lowest BCUT2D eigenvalue weighted by molar-refractivity contribution is -0.146. The number of nitrogens with zero attached hydrogens (tertiary/aromatic N) is 2. The summed E-state index contributed by atoms with van der Waals surface area (Å²) in [7, 11) is 3.03. The Hall–Kier alpha value is -3.16. The molecule has 180 valence electrons.